The molecule has 0 N–H and O–H groups in total. The Balaban J connectivity index is 1.67. The van der Waals surface area contributed by atoms with E-state index in [1.165, 1.54) is 12.1 Å². The summed E-state index contributed by atoms with van der Waals surface area (Å²) in [6, 6.07) is 12.1. The molecular weight excluding hydrogens is 331 g/mol. The van der Waals surface area contributed by atoms with E-state index in [4.69, 9.17) is 4.74 Å². The zero-order valence-electron chi connectivity index (χ0n) is 15.4. The summed E-state index contributed by atoms with van der Waals surface area (Å²) in [6.45, 7) is 7.50. The normalized spacial score (nSPS) is 14.9. The van der Waals surface area contributed by atoms with E-state index in [-0.39, 0.29) is 11.7 Å². The fraction of sp³-hybridized carbons (Fsp3) is 0.381. The number of carbonyl (C=O) groups excluding carboxylic acids is 1. The number of halogens is 1. The lowest BCUT2D eigenvalue weighted by Gasteiger charge is -2.24. The highest BCUT2D eigenvalue weighted by Crippen LogP contribution is 2.21. The highest BCUT2D eigenvalue weighted by atomic mass is 19.1. The van der Waals surface area contributed by atoms with Crippen molar-refractivity contribution in [3.8, 4) is 5.75 Å². The molecule has 0 atom stereocenters. The number of ether oxygens (including phenoxy) is 1. The van der Waals surface area contributed by atoms with Gasteiger partial charge in [-0.25, -0.2) is 4.39 Å². The molecule has 0 aromatic heterocycles. The maximum Gasteiger partial charge on any atom is 0.253 e. The van der Waals surface area contributed by atoms with Gasteiger partial charge in [0.05, 0.1) is 6.61 Å². The molecule has 1 heterocycles. The van der Waals surface area contributed by atoms with E-state index in [0.29, 0.717) is 18.7 Å². The van der Waals surface area contributed by atoms with E-state index in [0.717, 1.165) is 43.1 Å². The van der Waals surface area contributed by atoms with Crippen molar-refractivity contribution in [3.05, 3.63) is 59.4 Å². The van der Waals surface area contributed by atoms with E-state index in [1.54, 1.807) is 12.1 Å². The van der Waals surface area contributed by atoms with Gasteiger partial charge in [-0.05, 0) is 68.3 Å². The molecule has 0 aliphatic carbocycles. The number of amides is 1. The number of benzene rings is 2. The van der Waals surface area contributed by atoms with Crippen molar-refractivity contribution < 1.29 is 13.9 Å². The second-order valence-electron chi connectivity index (χ2n) is 6.52. The third-order valence-electron chi connectivity index (χ3n) is 4.70. The molecule has 2 aromatic carbocycles. The van der Waals surface area contributed by atoms with Crippen LogP contribution in [-0.2, 0) is 0 Å². The Bertz CT molecular complexity index is 761. The van der Waals surface area contributed by atoms with Crippen molar-refractivity contribution in [2.45, 2.75) is 20.3 Å². The third-order valence-corrected chi connectivity index (χ3v) is 4.70. The zero-order valence-corrected chi connectivity index (χ0v) is 15.4. The Kier molecular flexibility index (Phi) is 5.76. The van der Waals surface area contributed by atoms with E-state index in [2.05, 4.69) is 4.90 Å². The molecule has 26 heavy (non-hydrogen) atoms. The first-order chi connectivity index (χ1) is 12.6. The minimum atomic E-state index is -0.230. The molecule has 1 aliphatic heterocycles. The second kappa shape index (κ2) is 8.21. The largest absolute Gasteiger partial charge is 0.494 e. The second-order valence-corrected chi connectivity index (χ2v) is 6.52. The van der Waals surface area contributed by atoms with Gasteiger partial charge in [-0.15, -0.1) is 0 Å². The SMILES string of the molecule is CCOc1ccc(C(=O)N2CCCN(c3ccc(F)cc3)CC2)cc1C. The van der Waals surface area contributed by atoms with Gasteiger partial charge in [-0.2, -0.15) is 0 Å². The number of hydrogen-bond acceptors (Lipinski definition) is 3. The highest BCUT2D eigenvalue weighted by molar-refractivity contribution is 5.94. The van der Waals surface area contributed by atoms with Crippen molar-refractivity contribution in [2.24, 2.45) is 0 Å². The summed E-state index contributed by atoms with van der Waals surface area (Å²) in [5.41, 5.74) is 2.67. The molecule has 0 radical (unpaired) electrons. The van der Waals surface area contributed by atoms with Crippen molar-refractivity contribution in [1.82, 2.24) is 4.90 Å². The standard InChI is InChI=1S/C21H25FN2O2/c1-3-26-20-10-5-17(15-16(20)2)21(25)24-12-4-11-23(13-14-24)19-8-6-18(22)7-9-19/h5-10,15H,3-4,11-14H2,1-2H3. The van der Waals surface area contributed by atoms with Crippen LogP contribution < -0.4 is 9.64 Å². The molecule has 1 saturated heterocycles. The Morgan fingerprint density at radius 2 is 1.85 bits per heavy atom. The van der Waals surface area contributed by atoms with Crippen LogP contribution in [0.5, 0.6) is 5.75 Å². The molecule has 5 heteroatoms. The summed E-state index contributed by atoms with van der Waals surface area (Å²) in [6.07, 6.45) is 0.888. The van der Waals surface area contributed by atoms with Crippen molar-refractivity contribution in [3.63, 3.8) is 0 Å². The van der Waals surface area contributed by atoms with Gasteiger partial charge in [-0.3, -0.25) is 4.79 Å². The van der Waals surface area contributed by atoms with Gasteiger partial charge in [0.2, 0.25) is 0 Å². The number of nitrogens with zero attached hydrogens (tertiary/aromatic N) is 2. The monoisotopic (exact) mass is 356 g/mol. The molecule has 3 rings (SSSR count). The van der Waals surface area contributed by atoms with Gasteiger partial charge >= 0.3 is 0 Å². The first kappa shape index (κ1) is 18.2. The van der Waals surface area contributed by atoms with Crippen LogP contribution in [0.4, 0.5) is 10.1 Å². The molecule has 0 bridgehead atoms. The number of rotatable bonds is 4. The summed E-state index contributed by atoms with van der Waals surface area (Å²) in [4.78, 5) is 17.0. The predicted octanol–water partition coefficient (Wildman–Crippen LogP) is 3.89. The van der Waals surface area contributed by atoms with E-state index in [9.17, 15) is 9.18 Å². The zero-order chi connectivity index (χ0) is 18.5. The van der Waals surface area contributed by atoms with Crippen LogP contribution in [0.25, 0.3) is 0 Å². The molecule has 1 amide bonds. The smallest absolute Gasteiger partial charge is 0.253 e. The Labute approximate surface area is 154 Å². The number of aryl methyl sites for hydroxylation is 1. The summed E-state index contributed by atoms with van der Waals surface area (Å²) >= 11 is 0. The van der Waals surface area contributed by atoms with E-state index < -0.39 is 0 Å². The first-order valence-electron chi connectivity index (χ1n) is 9.11. The molecule has 2 aromatic rings. The minimum absolute atomic E-state index is 0.0529. The third kappa shape index (κ3) is 4.15. The highest BCUT2D eigenvalue weighted by Gasteiger charge is 2.21. The van der Waals surface area contributed by atoms with Gasteiger partial charge in [0.25, 0.3) is 5.91 Å². The van der Waals surface area contributed by atoms with Crippen molar-refractivity contribution in [1.29, 1.82) is 0 Å². The molecule has 0 unspecified atom stereocenters. The summed E-state index contributed by atoms with van der Waals surface area (Å²) in [5.74, 6) is 0.644. The first-order valence-corrected chi connectivity index (χ1v) is 9.11. The van der Waals surface area contributed by atoms with Crippen LogP contribution in [0.15, 0.2) is 42.5 Å². The number of anilines is 1. The van der Waals surface area contributed by atoms with Crippen LogP contribution >= 0.6 is 0 Å². The number of hydrogen-bond donors (Lipinski definition) is 0. The molecular formula is C21H25FN2O2. The number of carbonyl (C=O) groups is 1. The molecule has 0 saturated carbocycles. The Morgan fingerprint density at radius 3 is 2.54 bits per heavy atom. The van der Waals surface area contributed by atoms with Gasteiger partial charge in [0.15, 0.2) is 0 Å². The molecule has 1 fully saturated rings. The Hall–Kier alpha value is -2.56. The summed E-state index contributed by atoms with van der Waals surface area (Å²) < 4.78 is 18.7. The van der Waals surface area contributed by atoms with Crippen LogP contribution in [0.1, 0.15) is 29.3 Å². The Morgan fingerprint density at radius 1 is 1.08 bits per heavy atom. The molecule has 1 aliphatic rings. The van der Waals surface area contributed by atoms with Gasteiger partial charge in [-0.1, -0.05) is 0 Å². The van der Waals surface area contributed by atoms with Gasteiger partial charge in [0, 0.05) is 37.4 Å². The van der Waals surface area contributed by atoms with Gasteiger partial charge < -0.3 is 14.5 Å². The van der Waals surface area contributed by atoms with Crippen LogP contribution in [0.3, 0.4) is 0 Å². The van der Waals surface area contributed by atoms with Crippen molar-refractivity contribution in [2.75, 3.05) is 37.7 Å². The van der Waals surface area contributed by atoms with Crippen LogP contribution in [-0.4, -0.2) is 43.6 Å². The topological polar surface area (TPSA) is 32.8 Å². The lowest BCUT2D eigenvalue weighted by atomic mass is 10.1. The van der Waals surface area contributed by atoms with Crippen LogP contribution in [0.2, 0.25) is 0 Å². The van der Waals surface area contributed by atoms with Crippen molar-refractivity contribution >= 4 is 11.6 Å². The van der Waals surface area contributed by atoms with Crippen LogP contribution in [0, 0.1) is 12.7 Å². The average molecular weight is 356 g/mol. The van der Waals surface area contributed by atoms with E-state index in [1.807, 2.05) is 36.9 Å². The average Bonchev–Trinajstić information content (AvgIpc) is 2.90. The lowest BCUT2D eigenvalue weighted by Crippen LogP contribution is -2.35. The summed E-state index contributed by atoms with van der Waals surface area (Å²) in [5, 5.41) is 0. The molecule has 138 valence electrons. The fourth-order valence-corrected chi connectivity index (χ4v) is 3.31. The van der Waals surface area contributed by atoms with E-state index >= 15 is 0 Å². The fourth-order valence-electron chi connectivity index (χ4n) is 3.31. The molecule has 4 nitrogen and oxygen atoms in total. The quantitative estimate of drug-likeness (QED) is 0.833. The van der Waals surface area contributed by atoms with Gasteiger partial charge in [0.1, 0.15) is 11.6 Å². The summed E-state index contributed by atoms with van der Waals surface area (Å²) in [7, 11) is 0. The molecule has 0 spiro atoms. The maximum atomic E-state index is 13.1. The minimum Gasteiger partial charge on any atom is -0.494 e. The lowest BCUT2D eigenvalue weighted by molar-refractivity contribution is 0.0767. The maximum absolute atomic E-state index is 13.1. The predicted molar refractivity (Wildman–Crippen MR) is 101 cm³/mol.